The van der Waals surface area contributed by atoms with Gasteiger partial charge in [-0.1, -0.05) is 13.0 Å². The average molecular weight is 667 g/mol. The maximum Gasteiger partial charge on any atom is 0.393 e. The number of nitriles is 1. The fourth-order valence-corrected chi connectivity index (χ4v) is 8.33. The first-order valence-electron chi connectivity index (χ1n) is 16.3. The molecule has 3 aromatic heterocycles. The molecule has 4 N–H and O–H groups in total. The predicted molar refractivity (Wildman–Crippen MR) is 178 cm³/mol. The SMILES string of the molecule is CCC1(Cn2c(C#N)cc3c(C)c(CN4CCC(Nc5ncnc6sc(CC(F)(F)F)cc56)CC4)ccc32)CC(C(=O)NCCN)C1. The van der Waals surface area contributed by atoms with Crippen molar-refractivity contribution in [3.8, 4) is 6.07 Å². The summed E-state index contributed by atoms with van der Waals surface area (Å²) < 4.78 is 41.0. The topological polar surface area (TPSA) is 125 Å². The highest BCUT2D eigenvalue weighted by atomic mass is 32.1. The van der Waals surface area contributed by atoms with Crippen LogP contribution in [-0.4, -0.2) is 63.7 Å². The molecule has 1 aliphatic heterocycles. The first kappa shape index (κ1) is 33.2. The molecule has 0 atom stereocenters. The monoisotopic (exact) mass is 666 g/mol. The summed E-state index contributed by atoms with van der Waals surface area (Å²) >= 11 is 1.06. The van der Waals surface area contributed by atoms with Crippen molar-refractivity contribution in [2.24, 2.45) is 17.1 Å². The Balaban J connectivity index is 1.10. The Hall–Kier alpha value is -3.73. The highest BCUT2D eigenvalue weighted by Gasteiger charge is 2.46. The normalized spacial score (nSPS) is 20.7. The minimum Gasteiger partial charge on any atom is -0.367 e. The second kappa shape index (κ2) is 13.4. The number of benzene rings is 1. The lowest BCUT2D eigenvalue weighted by molar-refractivity contribution is -0.133. The molecule has 1 amide bonds. The summed E-state index contributed by atoms with van der Waals surface area (Å²) in [6.45, 7) is 8.46. The number of nitrogens with two attached hydrogens (primary N) is 1. The summed E-state index contributed by atoms with van der Waals surface area (Å²) in [7, 11) is 0. The molecule has 4 aromatic rings. The molecule has 2 fully saturated rings. The molecule has 47 heavy (non-hydrogen) atoms. The van der Waals surface area contributed by atoms with Gasteiger partial charge in [0.15, 0.2) is 0 Å². The van der Waals surface area contributed by atoms with E-state index < -0.39 is 12.6 Å². The van der Waals surface area contributed by atoms with Crippen molar-refractivity contribution in [2.45, 2.75) is 77.7 Å². The number of rotatable bonds is 11. The van der Waals surface area contributed by atoms with Crippen LogP contribution in [0.25, 0.3) is 21.1 Å². The highest BCUT2D eigenvalue weighted by molar-refractivity contribution is 7.18. The van der Waals surface area contributed by atoms with E-state index in [0.717, 1.165) is 74.0 Å². The summed E-state index contributed by atoms with van der Waals surface area (Å²) in [6.07, 6.45) is 0.498. The van der Waals surface area contributed by atoms with Crippen molar-refractivity contribution in [2.75, 3.05) is 31.5 Å². The average Bonchev–Trinajstić information content (AvgIpc) is 3.60. The lowest BCUT2D eigenvalue weighted by Gasteiger charge is -2.47. The van der Waals surface area contributed by atoms with Crippen LogP contribution in [0.1, 0.15) is 60.7 Å². The third kappa shape index (κ3) is 7.10. The number of thiophene rings is 1. The van der Waals surface area contributed by atoms with Crippen molar-refractivity contribution in [3.63, 3.8) is 0 Å². The Bertz CT molecular complexity index is 1790. The summed E-state index contributed by atoms with van der Waals surface area (Å²) in [5, 5.41) is 18.2. The van der Waals surface area contributed by atoms with Gasteiger partial charge in [0.2, 0.25) is 5.91 Å². The number of fused-ring (bicyclic) bond motifs is 2. The van der Waals surface area contributed by atoms with Gasteiger partial charge in [-0.2, -0.15) is 18.4 Å². The van der Waals surface area contributed by atoms with Crippen LogP contribution in [0.5, 0.6) is 0 Å². The van der Waals surface area contributed by atoms with Gasteiger partial charge < -0.3 is 20.9 Å². The van der Waals surface area contributed by atoms with Gasteiger partial charge in [-0.05, 0) is 73.8 Å². The summed E-state index contributed by atoms with van der Waals surface area (Å²) in [4.78, 5) is 24.3. The summed E-state index contributed by atoms with van der Waals surface area (Å²) in [6, 6.07) is 10.4. The predicted octanol–water partition coefficient (Wildman–Crippen LogP) is 5.89. The first-order chi connectivity index (χ1) is 22.5. The maximum absolute atomic E-state index is 12.9. The van der Waals surface area contributed by atoms with Gasteiger partial charge in [0.25, 0.3) is 0 Å². The van der Waals surface area contributed by atoms with Crippen LogP contribution < -0.4 is 16.4 Å². The van der Waals surface area contributed by atoms with Crippen molar-refractivity contribution in [1.82, 2.24) is 24.8 Å². The van der Waals surface area contributed by atoms with Crippen LogP contribution in [0.3, 0.4) is 0 Å². The van der Waals surface area contributed by atoms with Crippen LogP contribution in [-0.2, 0) is 24.3 Å². The number of likely N-dealkylation sites (tertiary alicyclic amines) is 1. The molecule has 1 aromatic carbocycles. The highest BCUT2D eigenvalue weighted by Crippen LogP contribution is 2.50. The molecule has 2 aliphatic rings. The molecular weight excluding hydrogens is 625 g/mol. The second-order valence-corrected chi connectivity index (χ2v) is 14.3. The van der Waals surface area contributed by atoms with Gasteiger partial charge in [-0.3, -0.25) is 9.69 Å². The Morgan fingerprint density at radius 3 is 2.64 bits per heavy atom. The lowest BCUT2D eigenvalue weighted by atomic mass is 9.60. The number of anilines is 1. The van der Waals surface area contributed by atoms with Crippen LogP contribution in [0.4, 0.5) is 19.0 Å². The number of hydrogen-bond donors (Lipinski definition) is 3. The Morgan fingerprint density at radius 2 is 1.96 bits per heavy atom. The molecule has 13 heteroatoms. The largest absolute Gasteiger partial charge is 0.393 e. The van der Waals surface area contributed by atoms with Crippen LogP contribution in [0, 0.1) is 29.6 Å². The summed E-state index contributed by atoms with van der Waals surface area (Å²) in [5.41, 5.74) is 9.63. The van der Waals surface area contributed by atoms with E-state index in [4.69, 9.17) is 5.73 Å². The number of nitrogens with zero attached hydrogens (tertiary/aromatic N) is 5. The molecule has 9 nitrogen and oxygen atoms in total. The smallest absolute Gasteiger partial charge is 0.367 e. The van der Waals surface area contributed by atoms with Gasteiger partial charge >= 0.3 is 6.18 Å². The van der Waals surface area contributed by atoms with Gasteiger partial charge in [0, 0.05) is 67.0 Å². The lowest BCUT2D eigenvalue weighted by Crippen LogP contribution is -2.48. The number of hydrogen-bond acceptors (Lipinski definition) is 8. The van der Waals surface area contributed by atoms with Gasteiger partial charge in [-0.15, -0.1) is 11.3 Å². The maximum atomic E-state index is 12.9. The van der Waals surface area contributed by atoms with Crippen LogP contribution in [0.15, 0.2) is 30.6 Å². The number of aryl methyl sites for hydroxylation is 1. The third-order valence-corrected chi connectivity index (χ3v) is 11.1. The molecular formula is C34H41F3N8OS. The van der Waals surface area contributed by atoms with E-state index in [1.807, 2.05) is 6.07 Å². The van der Waals surface area contributed by atoms with E-state index in [9.17, 15) is 23.2 Å². The number of nitrogens with one attached hydrogen (secondary N) is 2. The number of aromatic nitrogens is 3. The minimum absolute atomic E-state index is 0.00438. The standard InChI is InChI=1S/C34H41F3N8OS/c1-3-33(14-23(15-33)31(46)40-9-8-38)19-45-25(17-39)12-27-21(2)22(4-5-29(27)45)18-44-10-6-24(7-11-44)43-30-28-13-26(16-34(35,36)37)47-32(28)42-20-41-30/h4-5,12-13,20,23-24H,3,6-11,14-16,18-19,38H2,1-2H3,(H,40,46)(H,41,42,43). The minimum atomic E-state index is -4.26. The zero-order chi connectivity index (χ0) is 33.3. The van der Waals surface area contributed by atoms with Crippen molar-refractivity contribution < 1.29 is 18.0 Å². The van der Waals surface area contributed by atoms with Gasteiger partial charge in [0.1, 0.15) is 28.7 Å². The molecule has 1 saturated heterocycles. The number of halogens is 3. The van der Waals surface area contributed by atoms with Crippen molar-refractivity contribution in [1.29, 1.82) is 5.26 Å². The zero-order valence-corrected chi connectivity index (χ0v) is 27.6. The molecule has 250 valence electrons. The molecule has 1 aliphatic carbocycles. The molecule has 6 rings (SSSR count). The Kier molecular flexibility index (Phi) is 9.47. The molecule has 0 radical (unpaired) electrons. The van der Waals surface area contributed by atoms with E-state index in [0.29, 0.717) is 41.4 Å². The number of alkyl halides is 3. The fourth-order valence-electron chi connectivity index (χ4n) is 7.31. The van der Waals surface area contributed by atoms with E-state index in [2.05, 4.69) is 62.1 Å². The van der Waals surface area contributed by atoms with Crippen molar-refractivity contribution in [3.05, 3.63) is 52.3 Å². The fraction of sp³-hybridized carbons (Fsp3) is 0.529. The molecule has 0 spiro atoms. The van der Waals surface area contributed by atoms with E-state index in [1.165, 1.54) is 17.5 Å². The number of carbonyl (C=O) groups is 1. The van der Waals surface area contributed by atoms with Gasteiger partial charge in [-0.25, -0.2) is 9.97 Å². The Labute approximate surface area is 276 Å². The van der Waals surface area contributed by atoms with Crippen LogP contribution >= 0.6 is 11.3 Å². The number of amides is 1. The number of piperidine rings is 1. The first-order valence-corrected chi connectivity index (χ1v) is 17.1. The van der Waals surface area contributed by atoms with E-state index >= 15 is 0 Å². The second-order valence-electron chi connectivity index (χ2n) is 13.2. The van der Waals surface area contributed by atoms with E-state index in [-0.39, 0.29) is 28.2 Å². The Morgan fingerprint density at radius 1 is 1.19 bits per heavy atom. The molecule has 1 saturated carbocycles. The molecule has 4 heterocycles. The molecule has 0 bridgehead atoms. The zero-order valence-electron chi connectivity index (χ0n) is 26.8. The summed E-state index contributed by atoms with van der Waals surface area (Å²) in [5.74, 6) is 0.662. The van der Waals surface area contributed by atoms with Gasteiger partial charge in [0.05, 0.1) is 11.8 Å². The van der Waals surface area contributed by atoms with E-state index in [1.54, 1.807) is 6.07 Å². The molecule has 0 unspecified atom stereocenters. The van der Waals surface area contributed by atoms with Crippen LogP contribution in [0.2, 0.25) is 0 Å². The number of carbonyl (C=O) groups excluding carboxylic acids is 1. The third-order valence-electron chi connectivity index (χ3n) is 10.1. The van der Waals surface area contributed by atoms with Crippen molar-refractivity contribution >= 4 is 44.2 Å². The quantitative estimate of drug-likeness (QED) is 0.182.